The zero-order valence-electron chi connectivity index (χ0n) is 17.8. The third-order valence-electron chi connectivity index (χ3n) is 4.72. The standard InChI is InChI=1S/C23H22FIN2O5/c1-4-13(3)32-20-18(25)11-14(12-19(20)31-5-2)10-17-21(28)26-23(30)27(22(17)29)16-8-6-15(24)7-9-16/h6-13H,4-5H2,1-3H3,(H,26,28,30)/b17-10+/t13-/m0/s1. The molecule has 1 aliphatic heterocycles. The van der Waals surface area contributed by atoms with E-state index in [-0.39, 0.29) is 17.4 Å². The number of carbonyl (C=O) groups excluding carboxylic acids is 3. The summed E-state index contributed by atoms with van der Waals surface area (Å²) in [6, 6.07) is 7.37. The summed E-state index contributed by atoms with van der Waals surface area (Å²) < 4.78 is 25.7. The van der Waals surface area contributed by atoms with E-state index in [0.29, 0.717) is 23.7 Å². The van der Waals surface area contributed by atoms with Gasteiger partial charge in [-0.1, -0.05) is 6.92 Å². The lowest BCUT2D eigenvalue weighted by molar-refractivity contribution is -0.122. The molecule has 1 N–H and O–H groups in total. The molecular weight excluding hydrogens is 530 g/mol. The summed E-state index contributed by atoms with van der Waals surface area (Å²) in [4.78, 5) is 38.5. The summed E-state index contributed by atoms with van der Waals surface area (Å²) in [5.74, 6) is -1.05. The third-order valence-corrected chi connectivity index (χ3v) is 5.52. The summed E-state index contributed by atoms with van der Waals surface area (Å²) in [6.07, 6.45) is 2.18. The Hall–Kier alpha value is -2.95. The van der Waals surface area contributed by atoms with Gasteiger partial charge in [0.1, 0.15) is 11.4 Å². The minimum Gasteiger partial charge on any atom is -0.490 e. The normalized spacial score (nSPS) is 16.2. The predicted molar refractivity (Wildman–Crippen MR) is 126 cm³/mol. The first-order chi connectivity index (χ1) is 15.2. The van der Waals surface area contributed by atoms with Gasteiger partial charge in [-0.15, -0.1) is 0 Å². The maximum absolute atomic E-state index is 13.3. The fraction of sp³-hybridized carbons (Fsp3) is 0.261. The first-order valence-electron chi connectivity index (χ1n) is 10.0. The highest BCUT2D eigenvalue weighted by molar-refractivity contribution is 14.1. The first kappa shape index (κ1) is 23.7. The minimum absolute atomic E-state index is 0.0205. The molecule has 0 unspecified atom stereocenters. The van der Waals surface area contributed by atoms with Crippen molar-refractivity contribution in [3.05, 3.63) is 56.9 Å². The Morgan fingerprint density at radius 2 is 1.84 bits per heavy atom. The van der Waals surface area contributed by atoms with E-state index in [0.717, 1.165) is 27.0 Å². The monoisotopic (exact) mass is 552 g/mol. The van der Waals surface area contributed by atoms with Crippen LogP contribution in [0.1, 0.15) is 32.8 Å². The van der Waals surface area contributed by atoms with Crippen LogP contribution < -0.4 is 19.7 Å². The highest BCUT2D eigenvalue weighted by Crippen LogP contribution is 2.36. The summed E-state index contributed by atoms with van der Waals surface area (Å²) in [6.45, 7) is 6.21. The topological polar surface area (TPSA) is 84.9 Å². The number of carbonyl (C=O) groups is 3. The fourth-order valence-corrected chi connectivity index (χ4v) is 3.73. The van der Waals surface area contributed by atoms with Crippen molar-refractivity contribution in [1.82, 2.24) is 5.32 Å². The highest BCUT2D eigenvalue weighted by atomic mass is 127. The van der Waals surface area contributed by atoms with Crippen LogP contribution in [0.2, 0.25) is 0 Å². The number of rotatable bonds is 7. The molecule has 1 heterocycles. The van der Waals surface area contributed by atoms with E-state index >= 15 is 0 Å². The van der Waals surface area contributed by atoms with Crippen molar-refractivity contribution in [2.75, 3.05) is 11.5 Å². The van der Waals surface area contributed by atoms with Crippen molar-refractivity contribution in [3.8, 4) is 11.5 Å². The lowest BCUT2D eigenvalue weighted by atomic mass is 10.1. The van der Waals surface area contributed by atoms with Crippen molar-refractivity contribution in [1.29, 1.82) is 0 Å². The smallest absolute Gasteiger partial charge is 0.335 e. The maximum Gasteiger partial charge on any atom is 0.335 e. The molecule has 1 atom stereocenters. The molecule has 0 bridgehead atoms. The molecule has 1 aliphatic rings. The zero-order valence-corrected chi connectivity index (χ0v) is 19.9. The average Bonchev–Trinajstić information content (AvgIpc) is 2.74. The van der Waals surface area contributed by atoms with E-state index in [4.69, 9.17) is 9.47 Å². The van der Waals surface area contributed by atoms with Crippen molar-refractivity contribution in [2.24, 2.45) is 0 Å². The van der Waals surface area contributed by atoms with Crippen molar-refractivity contribution in [3.63, 3.8) is 0 Å². The van der Waals surface area contributed by atoms with Crippen LogP contribution in [0.5, 0.6) is 11.5 Å². The summed E-state index contributed by atoms with van der Waals surface area (Å²) in [5, 5.41) is 2.15. The Balaban J connectivity index is 2.01. The SMILES string of the molecule is CCOc1cc(/C=C2\C(=O)NC(=O)N(c3ccc(F)cc3)C2=O)cc(I)c1O[C@@H](C)CC. The molecule has 0 radical (unpaired) electrons. The van der Waals surface area contributed by atoms with Gasteiger partial charge in [0.05, 0.1) is 22.0 Å². The number of hydrogen-bond acceptors (Lipinski definition) is 5. The Morgan fingerprint density at radius 1 is 1.16 bits per heavy atom. The molecule has 1 fully saturated rings. The fourth-order valence-electron chi connectivity index (χ4n) is 2.98. The number of amides is 4. The largest absolute Gasteiger partial charge is 0.490 e. The average molecular weight is 552 g/mol. The third kappa shape index (κ3) is 5.09. The van der Waals surface area contributed by atoms with Gasteiger partial charge < -0.3 is 9.47 Å². The van der Waals surface area contributed by atoms with Gasteiger partial charge in [-0.2, -0.15) is 0 Å². The Bertz CT molecular complexity index is 1080. The number of barbiturate groups is 1. The molecule has 0 spiro atoms. The lowest BCUT2D eigenvalue weighted by Crippen LogP contribution is -2.54. The number of anilines is 1. The summed E-state index contributed by atoms with van der Waals surface area (Å²) >= 11 is 2.11. The van der Waals surface area contributed by atoms with E-state index in [1.165, 1.54) is 18.2 Å². The number of benzene rings is 2. The van der Waals surface area contributed by atoms with Crippen LogP contribution in [0.15, 0.2) is 42.0 Å². The van der Waals surface area contributed by atoms with Crippen LogP contribution in [0.3, 0.4) is 0 Å². The van der Waals surface area contributed by atoms with Crippen LogP contribution in [-0.4, -0.2) is 30.6 Å². The van der Waals surface area contributed by atoms with E-state index in [1.54, 1.807) is 12.1 Å². The Morgan fingerprint density at radius 3 is 2.47 bits per heavy atom. The molecule has 1 saturated heterocycles. The molecule has 0 saturated carbocycles. The predicted octanol–water partition coefficient (Wildman–Crippen LogP) is 4.67. The van der Waals surface area contributed by atoms with Crippen molar-refractivity contribution >= 4 is 52.2 Å². The molecule has 2 aromatic rings. The number of halogens is 2. The second-order valence-corrected chi connectivity index (χ2v) is 8.20. The van der Waals surface area contributed by atoms with Gasteiger partial charge in [-0.05, 0) is 90.9 Å². The van der Waals surface area contributed by atoms with Crippen LogP contribution >= 0.6 is 22.6 Å². The number of nitrogens with one attached hydrogen (secondary N) is 1. The lowest BCUT2D eigenvalue weighted by Gasteiger charge is -2.26. The first-order valence-corrected chi connectivity index (χ1v) is 11.1. The summed E-state index contributed by atoms with van der Waals surface area (Å²) in [7, 11) is 0. The number of hydrogen-bond donors (Lipinski definition) is 1. The van der Waals surface area contributed by atoms with E-state index in [2.05, 4.69) is 27.9 Å². The number of nitrogens with zero attached hydrogens (tertiary/aromatic N) is 1. The van der Waals surface area contributed by atoms with Crippen LogP contribution in [0, 0.1) is 9.39 Å². The second kappa shape index (κ2) is 10.1. The van der Waals surface area contributed by atoms with E-state index < -0.39 is 23.7 Å². The van der Waals surface area contributed by atoms with E-state index in [9.17, 15) is 18.8 Å². The number of ether oxygens (including phenoxy) is 2. The molecule has 4 amide bonds. The molecule has 7 nitrogen and oxygen atoms in total. The van der Waals surface area contributed by atoms with Crippen LogP contribution in [0.4, 0.5) is 14.9 Å². The number of imide groups is 2. The van der Waals surface area contributed by atoms with Gasteiger partial charge in [0.25, 0.3) is 11.8 Å². The minimum atomic E-state index is -0.898. The molecule has 3 rings (SSSR count). The molecule has 0 aliphatic carbocycles. The van der Waals surface area contributed by atoms with Gasteiger partial charge in [-0.3, -0.25) is 14.9 Å². The molecule has 9 heteroatoms. The molecule has 2 aromatic carbocycles. The molecule has 32 heavy (non-hydrogen) atoms. The van der Waals surface area contributed by atoms with E-state index in [1.807, 2.05) is 20.8 Å². The Labute approximate surface area is 198 Å². The zero-order chi connectivity index (χ0) is 23.4. The maximum atomic E-state index is 13.3. The van der Waals surface area contributed by atoms with Crippen LogP contribution in [0.25, 0.3) is 6.08 Å². The van der Waals surface area contributed by atoms with Gasteiger partial charge in [0.2, 0.25) is 0 Å². The Kier molecular flexibility index (Phi) is 7.49. The molecular formula is C23H22FIN2O5. The van der Waals surface area contributed by atoms with Gasteiger partial charge in [0.15, 0.2) is 11.5 Å². The quantitative estimate of drug-likeness (QED) is 0.307. The summed E-state index contributed by atoms with van der Waals surface area (Å²) in [5.41, 5.74) is 0.443. The van der Waals surface area contributed by atoms with Crippen molar-refractivity contribution in [2.45, 2.75) is 33.3 Å². The van der Waals surface area contributed by atoms with Crippen LogP contribution in [-0.2, 0) is 9.59 Å². The highest BCUT2D eigenvalue weighted by Gasteiger charge is 2.36. The molecule has 0 aromatic heterocycles. The second-order valence-electron chi connectivity index (χ2n) is 7.03. The van der Waals surface area contributed by atoms with Crippen molar-refractivity contribution < 1.29 is 28.2 Å². The number of urea groups is 1. The molecule has 168 valence electrons. The van der Waals surface area contributed by atoms with Gasteiger partial charge >= 0.3 is 6.03 Å². The van der Waals surface area contributed by atoms with Gasteiger partial charge in [0, 0.05) is 0 Å². The van der Waals surface area contributed by atoms with Gasteiger partial charge in [-0.25, -0.2) is 14.1 Å².